The maximum Gasteiger partial charge on any atom is 0.234 e. The van der Waals surface area contributed by atoms with E-state index in [1.807, 2.05) is 18.3 Å². The molecule has 106 valence electrons. The third kappa shape index (κ3) is 4.49. The largest absolute Gasteiger partial charge is 0.475 e. The summed E-state index contributed by atoms with van der Waals surface area (Å²) in [5, 5.41) is 4.04. The Hall–Kier alpha value is -1.07. The second-order valence-corrected chi connectivity index (χ2v) is 5.11. The molecule has 7 heteroatoms. The second kappa shape index (κ2) is 7.64. The Labute approximate surface area is 132 Å². The maximum atomic E-state index is 5.95. The van der Waals surface area contributed by atoms with Gasteiger partial charge in [0.05, 0.1) is 5.02 Å². The lowest BCUT2D eigenvalue weighted by Gasteiger charge is -2.09. The van der Waals surface area contributed by atoms with E-state index in [1.165, 1.54) is 6.07 Å². The zero-order valence-electron chi connectivity index (χ0n) is 10.4. The molecule has 0 unspecified atom stereocenters. The standard InChI is InChI=1S/C13H12Cl3N3O/c14-10-6-11(15)13(19-12(10)16)20-5-4-18-8-9-2-1-3-17-7-9/h1-3,6-7,18H,4-5,8H2. The predicted molar refractivity (Wildman–Crippen MR) is 80.7 cm³/mol. The lowest BCUT2D eigenvalue weighted by atomic mass is 10.3. The van der Waals surface area contributed by atoms with Crippen molar-refractivity contribution in [3.63, 3.8) is 0 Å². The quantitative estimate of drug-likeness (QED) is 0.648. The summed E-state index contributed by atoms with van der Waals surface area (Å²) in [5.41, 5.74) is 1.11. The van der Waals surface area contributed by atoms with Crippen LogP contribution in [-0.2, 0) is 6.54 Å². The monoisotopic (exact) mass is 331 g/mol. The smallest absolute Gasteiger partial charge is 0.234 e. The number of rotatable bonds is 6. The third-order valence-corrected chi connectivity index (χ3v) is 3.37. The van der Waals surface area contributed by atoms with Crippen LogP contribution in [0.1, 0.15) is 5.56 Å². The van der Waals surface area contributed by atoms with Crippen molar-refractivity contribution in [2.24, 2.45) is 0 Å². The van der Waals surface area contributed by atoms with E-state index in [1.54, 1.807) is 6.20 Å². The zero-order chi connectivity index (χ0) is 14.4. The van der Waals surface area contributed by atoms with Crippen LogP contribution in [0.4, 0.5) is 0 Å². The summed E-state index contributed by atoms with van der Waals surface area (Å²) in [6.45, 7) is 1.79. The first kappa shape index (κ1) is 15.3. The van der Waals surface area contributed by atoms with Crippen molar-refractivity contribution >= 4 is 34.8 Å². The fraction of sp³-hybridized carbons (Fsp3) is 0.231. The second-order valence-electron chi connectivity index (χ2n) is 3.93. The number of hydrogen-bond donors (Lipinski definition) is 1. The minimum absolute atomic E-state index is 0.175. The summed E-state index contributed by atoms with van der Waals surface area (Å²) in [6, 6.07) is 5.40. The molecular weight excluding hydrogens is 321 g/mol. The average molecular weight is 333 g/mol. The summed E-state index contributed by atoms with van der Waals surface area (Å²) in [4.78, 5) is 8.00. The molecular formula is C13H12Cl3N3O. The molecule has 0 radical (unpaired) electrons. The Bertz CT molecular complexity index is 566. The minimum atomic E-state index is 0.175. The zero-order valence-corrected chi connectivity index (χ0v) is 12.7. The van der Waals surface area contributed by atoms with Crippen molar-refractivity contribution in [1.29, 1.82) is 0 Å². The molecule has 0 amide bonds. The van der Waals surface area contributed by atoms with Gasteiger partial charge in [-0.05, 0) is 17.7 Å². The van der Waals surface area contributed by atoms with Gasteiger partial charge >= 0.3 is 0 Å². The first-order valence-corrected chi connectivity index (χ1v) is 7.04. The molecule has 0 atom stereocenters. The summed E-state index contributed by atoms with van der Waals surface area (Å²) >= 11 is 17.5. The molecule has 0 saturated carbocycles. The SMILES string of the molecule is Clc1cc(Cl)c(OCCNCc2cccnc2)nc1Cl. The first-order chi connectivity index (χ1) is 9.66. The third-order valence-electron chi connectivity index (χ3n) is 2.42. The van der Waals surface area contributed by atoms with Crippen LogP contribution in [0.5, 0.6) is 5.88 Å². The van der Waals surface area contributed by atoms with Gasteiger partial charge in [0.2, 0.25) is 5.88 Å². The number of ether oxygens (including phenoxy) is 1. The molecule has 20 heavy (non-hydrogen) atoms. The topological polar surface area (TPSA) is 47.0 Å². The number of halogens is 3. The molecule has 0 fully saturated rings. The molecule has 0 aliphatic heterocycles. The molecule has 2 aromatic rings. The van der Waals surface area contributed by atoms with Crippen LogP contribution >= 0.6 is 34.8 Å². The highest BCUT2D eigenvalue weighted by Crippen LogP contribution is 2.30. The summed E-state index contributed by atoms with van der Waals surface area (Å²) in [7, 11) is 0. The van der Waals surface area contributed by atoms with Gasteiger partial charge in [0.15, 0.2) is 5.15 Å². The van der Waals surface area contributed by atoms with Crippen LogP contribution in [0.2, 0.25) is 15.2 Å². The maximum absolute atomic E-state index is 5.95. The predicted octanol–water partition coefficient (Wildman–Crippen LogP) is 3.61. The molecule has 0 aromatic carbocycles. The lowest BCUT2D eigenvalue weighted by Crippen LogP contribution is -2.21. The fourth-order valence-electron chi connectivity index (χ4n) is 1.49. The minimum Gasteiger partial charge on any atom is -0.475 e. The molecule has 0 aliphatic carbocycles. The summed E-state index contributed by atoms with van der Waals surface area (Å²) in [6.07, 6.45) is 3.55. The highest BCUT2D eigenvalue weighted by atomic mass is 35.5. The van der Waals surface area contributed by atoms with Gasteiger partial charge in [-0.3, -0.25) is 4.98 Å². The molecule has 2 rings (SSSR count). The Kier molecular flexibility index (Phi) is 5.86. The fourth-order valence-corrected chi connectivity index (χ4v) is 2.03. The Morgan fingerprint density at radius 3 is 2.80 bits per heavy atom. The van der Waals surface area contributed by atoms with Gasteiger partial charge in [0.25, 0.3) is 0 Å². The highest BCUT2D eigenvalue weighted by Gasteiger charge is 2.08. The van der Waals surface area contributed by atoms with E-state index in [-0.39, 0.29) is 11.0 Å². The van der Waals surface area contributed by atoms with Gasteiger partial charge in [-0.1, -0.05) is 40.9 Å². The van der Waals surface area contributed by atoms with Crippen molar-refractivity contribution in [1.82, 2.24) is 15.3 Å². The molecule has 0 saturated heterocycles. The molecule has 1 N–H and O–H groups in total. The number of aromatic nitrogens is 2. The summed E-state index contributed by atoms with van der Waals surface area (Å²) < 4.78 is 5.45. The molecule has 0 bridgehead atoms. The molecule has 2 heterocycles. The summed E-state index contributed by atoms with van der Waals surface area (Å²) in [5.74, 6) is 0.282. The molecule has 4 nitrogen and oxygen atoms in total. The van der Waals surface area contributed by atoms with Crippen molar-refractivity contribution in [3.05, 3.63) is 51.4 Å². The van der Waals surface area contributed by atoms with E-state index in [9.17, 15) is 0 Å². The van der Waals surface area contributed by atoms with E-state index in [0.29, 0.717) is 23.2 Å². The number of nitrogens with one attached hydrogen (secondary N) is 1. The van der Waals surface area contributed by atoms with E-state index < -0.39 is 0 Å². The first-order valence-electron chi connectivity index (χ1n) is 5.91. The van der Waals surface area contributed by atoms with Crippen LogP contribution < -0.4 is 10.1 Å². The number of nitrogens with zero attached hydrogens (tertiary/aromatic N) is 2. The van der Waals surface area contributed by atoms with Crippen molar-refractivity contribution < 1.29 is 4.74 Å². The highest BCUT2D eigenvalue weighted by molar-refractivity contribution is 6.42. The Morgan fingerprint density at radius 1 is 1.20 bits per heavy atom. The van der Waals surface area contributed by atoms with Gasteiger partial charge in [0.1, 0.15) is 11.6 Å². The van der Waals surface area contributed by atoms with E-state index in [0.717, 1.165) is 12.1 Å². The van der Waals surface area contributed by atoms with Crippen LogP contribution in [0, 0.1) is 0 Å². The van der Waals surface area contributed by atoms with Gasteiger partial charge in [0, 0.05) is 25.5 Å². The normalized spacial score (nSPS) is 10.6. The Morgan fingerprint density at radius 2 is 2.05 bits per heavy atom. The molecule has 0 spiro atoms. The number of pyridine rings is 2. The van der Waals surface area contributed by atoms with Gasteiger partial charge < -0.3 is 10.1 Å². The van der Waals surface area contributed by atoms with Gasteiger partial charge in [-0.25, -0.2) is 0 Å². The van der Waals surface area contributed by atoms with Crippen LogP contribution in [0.15, 0.2) is 30.6 Å². The van der Waals surface area contributed by atoms with Crippen LogP contribution in [-0.4, -0.2) is 23.1 Å². The van der Waals surface area contributed by atoms with Crippen molar-refractivity contribution in [3.8, 4) is 5.88 Å². The van der Waals surface area contributed by atoms with Crippen molar-refractivity contribution in [2.75, 3.05) is 13.2 Å². The average Bonchev–Trinajstić information content (AvgIpc) is 2.45. The van der Waals surface area contributed by atoms with Crippen molar-refractivity contribution in [2.45, 2.75) is 6.54 Å². The molecule has 0 aliphatic rings. The van der Waals surface area contributed by atoms with Crippen LogP contribution in [0.3, 0.4) is 0 Å². The Balaban J connectivity index is 1.75. The van der Waals surface area contributed by atoms with E-state index in [2.05, 4.69) is 15.3 Å². The van der Waals surface area contributed by atoms with E-state index in [4.69, 9.17) is 39.5 Å². The molecule has 2 aromatic heterocycles. The van der Waals surface area contributed by atoms with Crippen LogP contribution in [0.25, 0.3) is 0 Å². The van der Waals surface area contributed by atoms with Gasteiger partial charge in [-0.2, -0.15) is 4.98 Å². The van der Waals surface area contributed by atoms with E-state index >= 15 is 0 Å². The number of hydrogen-bond acceptors (Lipinski definition) is 4. The van der Waals surface area contributed by atoms with Gasteiger partial charge in [-0.15, -0.1) is 0 Å². The lowest BCUT2D eigenvalue weighted by molar-refractivity contribution is 0.302.